The number of hydrogen-bond acceptors (Lipinski definition) is 5. The number of esters is 1. The quantitative estimate of drug-likeness (QED) is 0.154. The second-order valence-electron chi connectivity index (χ2n) is 8.09. The summed E-state index contributed by atoms with van der Waals surface area (Å²) >= 11 is 18.9. The predicted molar refractivity (Wildman–Crippen MR) is 142 cm³/mol. The number of anilines is 1. The topological polar surface area (TPSA) is 68.7 Å². The Morgan fingerprint density at radius 2 is 1.92 bits per heavy atom. The molecule has 0 bridgehead atoms. The van der Waals surface area contributed by atoms with E-state index in [2.05, 4.69) is 17.5 Å². The molecular weight excluding hydrogens is 523 g/mol. The number of aromatic nitrogens is 1. The zero-order valence-corrected chi connectivity index (χ0v) is 22.0. The van der Waals surface area contributed by atoms with Crippen LogP contribution in [0.25, 0.3) is 0 Å². The third-order valence-electron chi connectivity index (χ3n) is 5.51. The number of hydrogen-bond donors (Lipinski definition) is 0. The van der Waals surface area contributed by atoms with Crippen molar-refractivity contribution in [3.05, 3.63) is 75.0 Å². The van der Waals surface area contributed by atoms with Crippen molar-refractivity contribution in [3.63, 3.8) is 0 Å². The number of halogens is 3. The molecule has 0 saturated carbocycles. The van der Waals surface area contributed by atoms with Crippen molar-refractivity contribution in [1.82, 2.24) is 4.98 Å². The lowest BCUT2D eigenvalue weighted by atomic mass is 9.90. The Hall–Kier alpha value is -2.98. The summed E-state index contributed by atoms with van der Waals surface area (Å²) in [7, 11) is 0. The van der Waals surface area contributed by atoms with Crippen molar-refractivity contribution in [2.45, 2.75) is 45.3 Å². The van der Waals surface area contributed by atoms with Crippen LogP contribution in [0.3, 0.4) is 0 Å². The average Bonchev–Trinajstić information content (AvgIpc) is 2.88. The van der Waals surface area contributed by atoms with Crippen LogP contribution in [-0.2, 0) is 20.9 Å². The summed E-state index contributed by atoms with van der Waals surface area (Å²) in [5.74, 6) is 1.85. The lowest BCUT2D eigenvalue weighted by molar-refractivity contribution is -0.138. The van der Waals surface area contributed by atoms with Crippen molar-refractivity contribution in [2.24, 2.45) is 0 Å². The molecule has 1 atom stereocenters. The van der Waals surface area contributed by atoms with Crippen LogP contribution in [0.2, 0.25) is 15.2 Å². The van der Waals surface area contributed by atoms with Crippen molar-refractivity contribution >= 4 is 52.4 Å². The predicted octanol–water partition coefficient (Wildman–Crippen LogP) is 6.58. The van der Waals surface area contributed by atoms with Gasteiger partial charge < -0.3 is 14.4 Å². The number of pyridine rings is 1. The zero-order chi connectivity index (χ0) is 26.2. The van der Waals surface area contributed by atoms with Crippen LogP contribution in [-0.4, -0.2) is 29.6 Å². The summed E-state index contributed by atoms with van der Waals surface area (Å²) in [4.78, 5) is 32.3. The Labute approximate surface area is 225 Å². The fourth-order valence-electron chi connectivity index (χ4n) is 3.74. The van der Waals surface area contributed by atoms with Gasteiger partial charge in [0, 0.05) is 23.4 Å². The number of benzene rings is 1. The first-order chi connectivity index (χ1) is 17.2. The average molecular weight is 548 g/mol. The maximum atomic E-state index is 14.0. The molecule has 0 spiro atoms. The monoisotopic (exact) mass is 546 g/mol. The van der Waals surface area contributed by atoms with Gasteiger partial charge in [-0.2, -0.15) is 0 Å². The van der Waals surface area contributed by atoms with Crippen LogP contribution in [0, 0.1) is 12.3 Å². The standard InChI is InChI=1S/C27H25Cl3N2O4/c1-4-12-35-27(34)20-9-7-6-8-19(20)26(33)32(16-18-10-11-25(30)31-15-18)23-14-24(36-17(3)5-2)22(29)13-21(23)28/h2,4,10-11,13-15,17H,1,6-9,12,16H2,3H3. The minimum atomic E-state index is -0.562. The number of amides is 1. The van der Waals surface area contributed by atoms with Gasteiger partial charge in [-0.05, 0) is 50.3 Å². The first-order valence-electron chi connectivity index (χ1n) is 11.3. The first-order valence-corrected chi connectivity index (χ1v) is 12.4. The third kappa shape index (κ3) is 6.82. The molecule has 1 amide bonds. The molecular formula is C27H25Cl3N2O4. The summed E-state index contributed by atoms with van der Waals surface area (Å²) in [5, 5.41) is 0.794. The Kier molecular flexibility index (Phi) is 9.83. The Morgan fingerprint density at radius 3 is 2.56 bits per heavy atom. The fourth-order valence-corrected chi connectivity index (χ4v) is 4.38. The highest BCUT2D eigenvalue weighted by atomic mass is 35.5. The van der Waals surface area contributed by atoms with Crippen molar-refractivity contribution in [2.75, 3.05) is 11.5 Å². The normalized spacial score (nSPS) is 14.0. The molecule has 0 N–H and O–H groups in total. The number of rotatable bonds is 9. The van der Waals surface area contributed by atoms with Crippen molar-refractivity contribution in [3.8, 4) is 18.1 Å². The van der Waals surface area contributed by atoms with E-state index in [0.717, 1.165) is 12.8 Å². The maximum absolute atomic E-state index is 14.0. The summed E-state index contributed by atoms with van der Waals surface area (Å²) in [6.45, 7) is 5.43. The molecule has 9 heteroatoms. The van der Waals surface area contributed by atoms with Gasteiger partial charge in [0.1, 0.15) is 17.5 Å². The van der Waals surface area contributed by atoms with E-state index >= 15 is 0 Å². The van der Waals surface area contributed by atoms with Gasteiger partial charge in [0.25, 0.3) is 5.91 Å². The van der Waals surface area contributed by atoms with Crippen molar-refractivity contribution < 1.29 is 19.1 Å². The Balaban J connectivity index is 2.11. The summed E-state index contributed by atoms with van der Waals surface area (Å²) in [6, 6.07) is 6.45. The molecule has 0 radical (unpaired) electrons. The van der Waals surface area contributed by atoms with Gasteiger partial charge in [0.2, 0.25) is 0 Å². The lowest BCUT2D eigenvalue weighted by Gasteiger charge is -2.28. The molecule has 188 valence electrons. The van der Waals surface area contributed by atoms with Crippen LogP contribution in [0.4, 0.5) is 5.69 Å². The lowest BCUT2D eigenvalue weighted by Crippen LogP contribution is -2.34. The Morgan fingerprint density at radius 1 is 1.19 bits per heavy atom. The van der Waals surface area contributed by atoms with Crippen LogP contribution in [0.1, 0.15) is 38.2 Å². The van der Waals surface area contributed by atoms with E-state index < -0.39 is 12.1 Å². The smallest absolute Gasteiger partial charge is 0.334 e. The van der Waals surface area contributed by atoms with E-state index in [4.69, 9.17) is 50.7 Å². The van der Waals surface area contributed by atoms with Crippen LogP contribution < -0.4 is 9.64 Å². The minimum Gasteiger partial charge on any atom is -0.476 e. The van der Waals surface area contributed by atoms with Gasteiger partial charge in [-0.25, -0.2) is 9.78 Å². The third-order valence-corrected chi connectivity index (χ3v) is 6.33. The van der Waals surface area contributed by atoms with E-state index in [0.29, 0.717) is 40.4 Å². The second kappa shape index (κ2) is 12.8. The molecule has 0 aliphatic heterocycles. The van der Waals surface area contributed by atoms with E-state index in [9.17, 15) is 9.59 Å². The van der Waals surface area contributed by atoms with E-state index in [-0.39, 0.29) is 34.9 Å². The molecule has 36 heavy (non-hydrogen) atoms. The minimum absolute atomic E-state index is 0.0566. The molecule has 2 aromatic rings. The van der Waals surface area contributed by atoms with Crippen molar-refractivity contribution in [1.29, 1.82) is 0 Å². The van der Waals surface area contributed by atoms with Crippen LogP contribution in [0.15, 0.2) is 54.3 Å². The van der Waals surface area contributed by atoms with Crippen LogP contribution >= 0.6 is 34.8 Å². The second-order valence-corrected chi connectivity index (χ2v) is 9.29. The summed E-state index contributed by atoms with van der Waals surface area (Å²) < 4.78 is 11.0. The van der Waals surface area contributed by atoms with Gasteiger partial charge in [0.05, 0.1) is 22.3 Å². The van der Waals surface area contributed by atoms with Gasteiger partial charge in [-0.15, -0.1) is 6.42 Å². The highest BCUT2D eigenvalue weighted by molar-refractivity contribution is 6.37. The molecule has 1 aromatic carbocycles. The Bertz CT molecular complexity index is 1220. The number of ether oxygens (including phenoxy) is 2. The van der Waals surface area contributed by atoms with Gasteiger partial charge >= 0.3 is 5.97 Å². The van der Waals surface area contributed by atoms with Gasteiger partial charge in [-0.1, -0.05) is 59.4 Å². The number of carbonyl (C=O) groups excluding carboxylic acids is 2. The van der Waals surface area contributed by atoms with Crippen LogP contribution in [0.5, 0.6) is 5.75 Å². The maximum Gasteiger partial charge on any atom is 0.334 e. The van der Waals surface area contributed by atoms with Gasteiger partial charge in [-0.3, -0.25) is 4.79 Å². The number of carbonyl (C=O) groups is 2. The largest absolute Gasteiger partial charge is 0.476 e. The molecule has 1 aliphatic carbocycles. The zero-order valence-electron chi connectivity index (χ0n) is 19.7. The summed E-state index contributed by atoms with van der Waals surface area (Å²) in [6.07, 6.45) is 10.3. The molecule has 6 nitrogen and oxygen atoms in total. The molecule has 0 saturated heterocycles. The first kappa shape index (κ1) is 27.6. The summed E-state index contributed by atoms with van der Waals surface area (Å²) in [5.41, 5.74) is 1.78. The molecule has 0 fully saturated rings. The SMILES string of the molecule is C#CC(C)Oc1cc(N(Cc2ccc(Cl)nc2)C(=O)C2=C(C(=O)OCC=C)CCCC2)c(Cl)cc1Cl. The van der Waals surface area contributed by atoms with E-state index in [1.54, 1.807) is 31.3 Å². The highest BCUT2D eigenvalue weighted by Gasteiger charge is 2.30. The fraction of sp³-hybridized carbons (Fsp3) is 0.296. The highest BCUT2D eigenvalue weighted by Crippen LogP contribution is 2.39. The molecule has 1 heterocycles. The molecule has 1 unspecified atom stereocenters. The number of nitrogens with zero attached hydrogens (tertiary/aromatic N) is 2. The van der Waals surface area contributed by atoms with E-state index in [1.807, 2.05) is 0 Å². The molecule has 3 rings (SSSR count). The van der Waals surface area contributed by atoms with Gasteiger partial charge in [0.15, 0.2) is 6.10 Å². The number of terminal acetylenes is 1. The van der Waals surface area contributed by atoms with E-state index in [1.165, 1.54) is 17.0 Å². The molecule has 1 aliphatic rings. The molecule has 1 aromatic heterocycles.